The first-order valence-electron chi connectivity index (χ1n) is 9.66. The van der Waals surface area contributed by atoms with Crippen molar-refractivity contribution >= 4 is 39.5 Å². The molecule has 11 nitrogen and oxygen atoms in total. The van der Waals surface area contributed by atoms with Crippen molar-refractivity contribution in [2.24, 2.45) is 5.10 Å². The molecule has 174 valence electrons. The highest BCUT2D eigenvalue weighted by Gasteiger charge is 2.28. The van der Waals surface area contributed by atoms with Crippen molar-refractivity contribution < 1.29 is 28.0 Å². The predicted molar refractivity (Wildman–Crippen MR) is 123 cm³/mol. The monoisotopic (exact) mass is 482 g/mol. The second-order valence-corrected chi connectivity index (χ2v) is 8.68. The fourth-order valence-corrected chi connectivity index (χ4v) is 4.29. The molecule has 0 aliphatic heterocycles. The fraction of sp³-hybridized carbons (Fsp3) is 0.0455. The minimum atomic E-state index is -4.24. The molecule has 3 rings (SSSR count). The van der Waals surface area contributed by atoms with Crippen molar-refractivity contribution in [2.45, 2.75) is 4.90 Å². The highest BCUT2D eigenvalue weighted by Crippen LogP contribution is 2.26. The molecule has 12 heteroatoms. The van der Waals surface area contributed by atoms with Gasteiger partial charge >= 0.3 is 5.97 Å². The Morgan fingerprint density at radius 1 is 1.03 bits per heavy atom. The number of anilines is 1. The number of sulfonamides is 1. The lowest BCUT2D eigenvalue weighted by molar-refractivity contribution is -0.384. The van der Waals surface area contributed by atoms with Crippen LogP contribution in [0.1, 0.15) is 15.9 Å². The zero-order valence-corrected chi connectivity index (χ0v) is 18.3. The molecule has 3 aromatic carbocycles. The number of rotatable bonds is 9. The molecule has 0 saturated heterocycles. The molecule has 34 heavy (non-hydrogen) atoms. The van der Waals surface area contributed by atoms with Gasteiger partial charge in [-0.25, -0.2) is 18.6 Å². The molecule has 0 unspecified atom stereocenters. The number of nitro benzene ring substituents is 1. The van der Waals surface area contributed by atoms with Gasteiger partial charge in [0.2, 0.25) is 0 Å². The largest absolute Gasteiger partial charge is 0.478 e. The Bertz CT molecular complexity index is 1340. The molecule has 0 aliphatic carbocycles. The number of non-ortho nitro benzene ring substituents is 1. The molecular formula is C22H18N4O7S. The molecular weight excluding hydrogens is 464 g/mol. The van der Waals surface area contributed by atoms with E-state index in [0.717, 1.165) is 10.4 Å². The summed E-state index contributed by atoms with van der Waals surface area (Å²) in [4.78, 5) is 33.8. The Morgan fingerprint density at radius 3 is 2.32 bits per heavy atom. The number of hydrazone groups is 1. The summed E-state index contributed by atoms with van der Waals surface area (Å²) in [6.45, 7) is -0.701. The molecule has 2 N–H and O–H groups in total. The highest BCUT2D eigenvalue weighted by atomic mass is 32.2. The van der Waals surface area contributed by atoms with Gasteiger partial charge in [-0.1, -0.05) is 36.4 Å². The Labute approximate surface area is 194 Å². The molecule has 0 heterocycles. The van der Waals surface area contributed by atoms with E-state index in [1.165, 1.54) is 72.9 Å². The lowest BCUT2D eigenvalue weighted by Gasteiger charge is -2.23. The van der Waals surface area contributed by atoms with Crippen LogP contribution in [-0.4, -0.2) is 43.1 Å². The summed E-state index contributed by atoms with van der Waals surface area (Å²) in [6, 6.07) is 17.9. The normalized spacial score (nSPS) is 11.2. The van der Waals surface area contributed by atoms with Gasteiger partial charge < -0.3 is 5.11 Å². The number of benzene rings is 3. The number of hydrogen-bond acceptors (Lipinski definition) is 7. The van der Waals surface area contributed by atoms with Gasteiger partial charge in [-0.05, 0) is 35.9 Å². The molecule has 0 atom stereocenters. The van der Waals surface area contributed by atoms with Crippen LogP contribution < -0.4 is 9.73 Å². The van der Waals surface area contributed by atoms with Crippen molar-refractivity contribution in [3.05, 3.63) is 100 Å². The van der Waals surface area contributed by atoms with Crippen molar-refractivity contribution in [2.75, 3.05) is 10.8 Å². The van der Waals surface area contributed by atoms with E-state index in [4.69, 9.17) is 5.11 Å². The van der Waals surface area contributed by atoms with Crippen LogP contribution in [0.2, 0.25) is 0 Å². The minimum Gasteiger partial charge on any atom is -0.478 e. The average Bonchev–Trinajstić information content (AvgIpc) is 2.83. The van der Waals surface area contributed by atoms with E-state index in [0.29, 0.717) is 5.56 Å². The van der Waals surface area contributed by atoms with Crippen molar-refractivity contribution in [3.63, 3.8) is 0 Å². The van der Waals surface area contributed by atoms with Crippen molar-refractivity contribution in [1.29, 1.82) is 0 Å². The molecule has 0 aromatic heterocycles. The quantitative estimate of drug-likeness (QED) is 0.269. The molecule has 0 aliphatic rings. The maximum atomic E-state index is 13.2. The Kier molecular flexibility index (Phi) is 7.33. The summed E-state index contributed by atoms with van der Waals surface area (Å²) in [5.74, 6) is -1.89. The average molecular weight is 482 g/mol. The third-order valence-electron chi connectivity index (χ3n) is 4.51. The van der Waals surface area contributed by atoms with Crippen LogP contribution in [0.15, 0.2) is 88.9 Å². The van der Waals surface area contributed by atoms with Gasteiger partial charge in [-0.2, -0.15) is 5.10 Å². The maximum Gasteiger partial charge on any atom is 0.335 e. The summed E-state index contributed by atoms with van der Waals surface area (Å²) < 4.78 is 27.2. The number of nitro groups is 1. The van der Waals surface area contributed by atoms with E-state index in [-0.39, 0.29) is 21.8 Å². The number of aromatic carboxylic acids is 1. The Balaban J connectivity index is 1.84. The number of carboxylic acids is 1. The van der Waals surface area contributed by atoms with Gasteiger partial charge in [-0.15, -0.1) is 0 Å². The zero-order chi connectivity index (χ0) is 24.7. The molecule has 1 amide bonds. The van der Waals surface area contributed by atoms with Crippen LogP contribution in [0, 0.1) is 10.1 Å². The zero-order valence-electron chi connectivity index (χ0n) is 17.4. The number of carboxylic acid groups (broad SMARTS) is 1. The summed E-state index contributed by atoms with van der Waals surface area (Å²) in [5, 5.41) is 23.8. The van der Waals surface area contributed by atoms with Crippen LogP contribution in [0.4, 0.5) is 11.4 Å². The summed E-state index contributed by atoms with van der Waals surface area (Å²) in [5.41, 5.74) is 2.38. The number of nitrogens with one attached hydrogen (secondary N) is 1. The third kappa shape index (κ3) is 5.81. The van der Waals surface area contributed by atoms with Crippen LogP contribution in [0.25, 0.3) is 0 Å². The van der Waals surface area contributed by atoms with Gasteiger partial charge in [0.1, 0.15) is 6.54 Å². The van der Waals surface area contributed by atoms with Gasteiger partial charge in [0, 0.05) is 12.1 Å². The number of carbonyl (C=O) groups excluding carboxylic acids is 1. The summed E-state index contributed by atoms with van der Waals surface area (Å²) in [6.07, 6.45) is 1.26. The summed E-state index contributed by atoms with van der Waals surface area (Å²) in [7, 11) is -4.24. The molecule has 0 fully saturated rings. The lowest BCUT2D eigenvalue weighted by atomic mass is 10.1. The second-order valence-electron chi connectivity index (χ2n) is 6.82. The van der Waals surface area contributed by atoms with Gasteiger partial charge in [0.05, 0.1) is 27.3 Å². The van der Waals surface area contributed by atoms with Crippen LogP contribution in [0.5, 0.6) is 0 Å². The predicted octanol–water partition coefficient (Wildman–Crippen LogP) is 2.64. The molecule has 3 aromatic rings. The van der Waals surface area contributed by atoms with Crippen LogP contribution in [0.3, 0.4) is 0 Å². The van der Waals surface area contributed by atoms with Crippen molar-refractivity contribution in [1.82, 2.24) is 5.43 Å². The van der Waals surface area contributed by atoms with Crippen molar-refractivity contribution in [3.8, 4) is 0 Å². The number of hydrogen-bond donors (Lipinski definition) is 2. The number of carbonyl (C=O) groups is 2. The third-order valence-corrected chi connectivity index (χ3v) is 6.30. The fourth-order valence-electron chi connectivity index (χ4n) is 2.85. The van der Waals surface area contributed by atoms with Gasteiger partial charge in [0.15, 0.2) is 0 Å². The lowest BCUT2D eigenvalue weighted by Crippen LogP contribution is -2.39. The molecule has 0 saturated carbocycles. The summed E-state index contributed by atoms with van der Waals surface area (Å²) >= 11 is 0. The van der Waals surface area contributed by atoms with E-state index in [9.17, 15) is 28.1 Å². The van der Waals surface area contributed by atoms with E-state index < -0.39 is 33.4 Å². The van der Waals surface area contributed by atoms with Crippen LogP contribution >= 0.6 is 0 Å². The van der Waals surface area contributed by atoms with E-state index in [1.807, 2.05) is 0 Å². The van der Waals surface area contributed by atoms with E-state index in [1.54, 1.807) is 6.07 Å². The topological polar surface area (TPSA) is 159 Å². The SMILES string of the molecule is O=C(CN(c1cccc([N+](=O)[O-])c1)S(=O)(=O)c1ccccc1)N/N=C\c1ccc(C(=O)O)cc1. The van der Waals surface area contributed by atoms with Gasteiger partial charge in [-0.3, -0.25) is 19.2 Å². The first kappa shape index (κ1) is 24.1. The van der Waals surface area contributed by atoms with Gasteiger partial charge in [0.25, 0.3) is 21.6 Å². The maximum absolute atomic E-state index is 13.2. The van der Waals surface area contributed by atoms with E-state index in [2.05, 4.69) is 10.5 Å². The molecule has 0 bridgehead atoms. The smallest absolute Gasteiger partial charge is 0.335 e. The Morgan fingerprint density at radius 2 is 1.71 bits per heavy atom. The standard InChI is InChI=1S/C22H18N4O7S/c27-21(24-23-14-16-9-11-17(12-10-16)22(28)29)15-25(18-5-4-6-19(13-18)26(30)31)34(32,33)20-7-2-1-3-8-20/h1-14H,15H2,(H,24,27)(H,28,29)/b23-14-. The molecule has 0 radical (unpaired) electrons. The van der Waals surface area contributed by atoms with E-state index >= 15 is 0 Å². The van der Waals surface area contributed by atoms with Crippen LogP contribution in [-0.2, 0) is 14.8 Å². The minimum absolute atomic E-state index is 0.0681. The first-order chi connectivity index (χ1) is 16.2. The first-order valence-corrected chi connectivity index (χ1v) is 11.1. The Hall–Kier alpha value is -4.58. The molecule has 0 spiro atoms. The number of nitrogens with zero attached hydrogens (tertiary/aromatic N) is 3. The highest BCUT2D eigenvalue weighted by molar-refractivity contribution is 7.92. The number of amides is 1. The second kappa shape index (κ2) is 10.4.